The first-order valence-electron chi connectivity index (χ1n) is 7.12. The zero-order valence-corrected chi connectivity index (χ0v) is 12.2. The van der Waals surface area contributed by atoms with Crippen LogP contribution in [0.25, 0.3) is 0 Å². The Labute approximate surface area is 128 Å². The normalized spacial score (nSPS) is 17.3. The van der Waals surface area contributed by atoms with E-state index >= 15 is 0 Å². The maximum Gasteiger partial charge on any atom is 0.257 e. The summed E-state index contributed by atoms with van der Waals surface area (Å²) in [4.78, 5) is 18.4. The second-order valence-corrected chi connectivity index (χ2v) is 5.39. The van der Waals surface area contributed by atoms with Crippen molar-refractivity contribution in [2.75, 3.05) is 18.4 Å². The number of nitriles is 1. The highest BCUT2D eigenvalue weighted by Gasteiger charge is 2.28. The molecule has 6 nitrogen and oxygen atoms in total. The van der Waals surface area contributed by atoms with Crippen LogP contribution >= 0.6 is 0 Å². The molecule has 3 rings (SSSR count). The van der Waals surface area contributed by atoms with Crippen molar-refractivity contribution < 1.29 is 9.21 Å². The summed E-state index contributed by atoms with van der Waals surface area (Å²) in [6, 6.07) is 5.71. The molecule has 0 radical (unpaired) electrons. The maximum atomic E-state index is 12.4. The van der Waals surface area contributed by atoms with E-state index in [0.29, 0.717) is 24.2 Å². The fourth-order valence-corrected chi connectivity index (χ4v) is 2.57. The summed E-state index contributed by atoms with van der Waals surface area (Å²) in [5.41, 5.74) is 2.01. The van der Waals surface area contributed by atoms with Crippen LogP contribution in [0.15, 0.2) is 35.3 Å². The summed E-state index contributed by atoms with van der Waals surface area (Å²) in [7, 11) is 0. The van der Waals surface area contributed by atoms with Gasteiger partial charge in [0, 0.05) is 25.3 Å². The third-order valence-electron chi connectivity index (χ3n) is 3.81. The Morgan fingerprint density at radius 3 is 3.00 bits per heavy atom. The van der Waals surface area contributed by atoms with Crippen LogP contribution < -0.4 is 5.32 Å². The molecule has 1 amide bonds. The molecule has 1 N–H and O–H groups in total. The molecule has 112 valence electrons. The van der Waals surface area contributed by atoms with Crippen molar-refractivity contribution in [3.63, 3.8) is 0 Å². The summed E-state index contributed by atoms with van der Waals surface area (Å²) >= 11 is 0. The first-order chi connectivity index (χ1) is 10.7. The predicted molar refractivity (Wildman–Crippen MR) is 80.3 cm³/mol. The Morgan fingerprint density at radius 2 is 2.36 bits per heavy atom. The highest BCUT2D eigenvalue weighted by Crippen LogP contribution is 2.19. The van der Waals surface area contributed by atoms with Gasteiger partial charge in [-0.2, -0.15) is 5.26 Å². The third-order valence-corrected chi connectivity index (χ3v) is 3.81. The van der Waals surface area contributed by atoms with Gasteiger partial charge in [0.1, 0.15) is 18.2 Å². The van der Waals surface area contributed by atoms with E-state index in [9.17, 15) is 4.79 Å². The SMILES string of the molecule is Cc1cocc1C(=O)N1CC[C@@H](Nc2ccc(C#N)cn2)C1. The number of hydrogen-bond acceptors (Lipinski definition) is 5. The van der Waals surface area contributed by atoms with Gasteiger partial charge < -0.3 is 14.6 Å². The molecule has 3 heterocycles. The molecule has 0 spiro atoms. The lowest BCUT2D eigenvalue weighted by atomic mass is 10.2. The summed E-state index contributed by atoms with van der Waals surface area (Å²) < 4.78 is 5.07. The minimum Gasteiger partial charge on any atom is -0.471 e. The zero-order valence-electron chi connectivity index (χ0n) is 12.2. The number of aryl methyl sites for hydroxylation is 1. The van der Waals surface area contributed by atoms with Crippen LogP contribution in [0.4, 0.5) is 5.82 Å². The van der Waals surface area contributed by atoms with Gasteiger partial charge in [0.15, 0.2) is 0 Å². The summed E-state index contributed by atoms with van der Waals surface area (Å²) in [6.07, 6.45) is 5.49. The second-order valence-electron chi connectivity index (χ2n) is 5.39. The van der Waals surface area contributed by atoms with E-state index in [1.54, 1.807) is 18.4 Å². The largest absolute Gasteiger partial charge is 0.471 e. The zero-order chi connectivity index (χ0) is 15.5. The number of amides is 1. The van der Waals surface area contributed by atoms with Crippen molar-refractivity contribution in [1.82, 2.24) is 9.88 Å². The Hall–Kier alpha value is -2.81. The van der Waals surface area contributed by atoms with Crippen molar-refractivity contribution in [3.05, 3.63) is 47.5 Å². The molecule has 0 saturated carbocycles. The molecule has 0 aromatic carbocycles. The second kappa shape index (κ2) is 5.90. The number of rotatable bonds is 3. The number of nitrogens with one attached hydrogen (secondary N) is 1. The third kappa shape index (κ3) is 2.79. The van der Waals surface area contributed by atoms with E-state index in [0.717, 1.165) is 17.8 Å². The number of carbonyl (C=O) groups excluding carboxylic acids is 1. The molecule has 1 aliphatic heterocycles. The van der Waals surface area contributed by atoms with Crippen LogP contribution in [-0.4, -0.2) is 34.9 Å². The number of hydrogen-bond donors (Lipinski definition) is 1. The van der Waals surface area contributed by atoms with Gasteiger partial charge in [0.2, 0.25) is 0 Å². The van der Waals surface area contributed by atoms with Crippen LogP contribution in [-0.2, 0) is 0 Å². The molecule has 2 aromatic heterocycles. The van der Waals surface area contributed by atoms with Gasteiger partial charge in [0.25, 0.3) is 5.91 Å². The standard InChI is InChI=1S/C16H16N4O2/c1-11-9-22-10-14(11)16(21)20-5-4-13(8-20)19-15-3-2-12(6-17)7-18-15/h2-3,7,9-10,13H,4-5,8H2,1H3,(H,18,19)/t13-/m1/s1. The smallest absolute Gasteiger partial charge is 0.257 e. The van der Waals surface area contributed by atoms with Gasteiger partial charge in [-0.05, 0) is 31.0 Å². The minimum atomic E-state index is 0.00309. The summed E-state index contributed by atoms with van der Waals surface area (Å²) in [6.45, 7) is 3.20. The molecule has 2 aromatic rings. The van der Waals surface area contributed by atoms with E-state index in [1.807, 2.05) is 17.9 Å². The lowest BCUT2D eigenvalue weighted by molar-refractivity contribution is 0.0790. The number of carbonyl (C=O) groups is 1. The topological polar surface area (TPSA) is 82.2 Å². The first-order valence-corrected chi connectivity index (χ1v) is 7.12. The molecule has 1 saturated heterocycles. The average molecular weight is 296 g/mol. The highest BCUT2D eigenvalue weighted by molar-refractivity contribution is 5.95. The Balaban J connectivity index is 1.61. The number of pyridine rings is 1. The van der Waals surface area contributed by atoms with Crippen molar-refractivity contribution in [1.29, 1.82) is 5.26 Å². The molecule has 22 heavy (non-hydrogen) atoms. The number of furan rings is 1. The van der Waals surface area contributed by atoms with Gasteiger partial charge >= 0.3 is 0 Å². The van der Waals surface area contributed by atoms with Crippen molar-refractivity contribution >= 4 is 11.7 Å². The van der Waals surface area contributed by atoms with Gasteiger partial charge in [-0.3, -0.25) is 4.79 Å². The van der Waals surface area contributed by atoms with Crippen LogP contribution in [0, 0.1) is 18.3 Å². The van der Waals surface area contributed by atoms with Gasteiger partial charge in [-0.25, -0.2) is 4.98 Å². The maximum absolute atomic E-state index is 12.4. The quantitative estimate of drug-likeness (QED) is 0.938. The fourth-order valence-electron chi connectivity index (χ4n) is 2.57. The van der Waals surface area contributed by atoms with Gasteiger partial charge in [0.05, 0.1) is 17.4 Å². The number of anilines is 1. The first kappa shape index (κ1) is 14.1. The lowest BCUT2D eigenvalue weighted by Gasteiger charge is -2.17. The Morgan fingerprint density at radius 1 is 1.50 bits per heavy atom. The molecule has 0 unspecified atom stereocenters. The lowest BCUT2D eigenvalue weighted by Crippen LogP contribution is -2.31. The van der Waals surface area contributed by atoms with Crippen LogP contribution in [0.1, 0.15) is 27.9 Å². The number of aromatic nitrogens is 1. The molecular weight excluding hydrogens is 280 g/mol. The molecule has 1 fully saturated rings. The van der Waals surface area contributed by atoms with Crippen molar-refractivity contribution in [2.45, 2.75) is 19.4 Å². The van der Waals surface area contributed by atoms with Gasteiger partial charge in [-0.15, -0.1) is 0 Å². The molecule has 0 bridgehead atoms. The highest BCUT2D eigenvalue weighted by atomic mass is 16.3. The molecule has 1 atom stereocenters. The summed E-state index contributed by atoms with van der Waals surface area (Å²) in [5.74, 6) is 0.723. The van der Waals surface area contributed by atoms with E-state index in [-0.39, 0.29) is 11.9 Å². The van der Waals surface area contributed by atoms with Crippen molar-refractivity contribution in [3.8, 4) is 6.07 Å². The van der Waals surface area contributed by atoms with Crippen LogP contribution in [0.2, 0.25) is 0 Å². The Kier molecular flexibility index (Phi) is 3.79. The monoisotopic (exact) mass is 296 g/mol. The predicted octanol–water partition coefficient (Wildman–Crippen LogP) is 2.18. The minimum absolute atomic E-state index is 0.00309. The van der Waals surface area contributed by atoms with Gasteiger partial charge in [-0.1, -0.05) is 0 Å². The fraction of sp³-hybridized carbons (Fsp3) is 0.312. The van der Waals surface area contributed by atoms with E-state index < -0.39 is 0 Å². The van der Waals surface area contributed by atoms with Crippen LogP contribution in [0.3, 0.4) is 0 Å². The molecular formula is C16H16N4O2. The van der Waals surface area contributed by atoms with E-state index in [1.165, 1.54) is 12.5 Å². The van der Waals surface area contributed by atoms with Crippen molar-refractivity contribution in [2.24, 2.45) is 0 Å². The number of likely N-dealkylation sites (tertiary alicyclic amines) is 1. The van der Waals surface area contributed by atoms with E-state index in [4.69, 9.17) is 9.68 Å². The molecule has 0 aliphatic carbocycles. The summed E-state index contributed by atoms with van der Waals surface area (Å²) in [5, 5.41) is 12.1. The number of nitrogens with zero attached hydrogens (tertiary/aromatic N) is 3. The average Bonchev–Trinajstić information content (AvgIpc) is 3.16. The Bertz CT molecular complexity index is 714. The van der Waals surface area contributed by atoms with Crippen LogP contribution in [0.5, 0.6) is 0 Å². The molecule has 6 heteroatoms. The van der Waals surface area contributed by atoms with E-state index in [2.05, 4.69) is 10.3 Å². The molecule has 1 aliphatic rings.